The van der Waals surface area contributed by atoms with Gasteiger partial charge in [-0.15, -0.1) is 21.5 Å². The van der Waals surface area contributed by atoms with Gasteiger partial charge < -0.3 is 10.1 Å². The lowest BCUT2D eigenvalue weighted by atomic mass is 10.1. The van der Waals surface area contributed by atoms with Gasteiger partial charge in [0.2, 0.25) is 11.7 Å². The number of carbonyl (C=O) groups is 1. The number of aryl methyl sites for hydroxylation is 1. The van der Waals surface area contributed by atoms with Gasteiger partial charge in [-0.1, -0.05) is 37.2 Å². The Morgan fingerprint density at radius 3 is 2.84 bits per heavy atom. The Balaban J connectivity index is 1.58. The summed E-state index contributed by atoms with van der Waals surface area (Å²) >= 11 is 8.78. The van der Waals surface area contributed by atoms with E-state index in [1.54, 1.807) is 22.8 Å². The molecule has 4 rings (SSSR count). The highest BCUT2D eigenvalue weighted by Gasteiger charge is 2.19. The van der Waals surface area contributed by atoms with Crippen molar-refractivity contribution < 1.29 is 9.53 Å². The molecule has 4 aromatic rings. The van der Waals surface area contributed by atoms with E-state index >= 15 is 0 Å². The lowest BCUT2D eigenvalue weighted by Gasteiger charge is -2.11. The predicted octanol–water partition coefficient (Wildman–Crippen LogP) is 4.54. The largest absolute Gasteiger partial charge is 0.495 e. The van der Waals surface area contributed by atoms with Crippen LogP contribution in [0.4, 0.5) is 5.69 Å². The topological polar surface area (TPSA) is 90.5 Å². The third-order valence-corrected chi connectivity index (χ3v) is 7.00. The summed E-state index contributed by atoms with van der Waals surface area (Å²) in [4.78, 5) is 25.5. The predicted molar refractivity (Wildman–Crippen MR) is 129 cm³/mol. The van der Waals surface area contributed by atoms with Crippen LogP contribution in [0, 0.1) is 5.92 Å². The van der Waals surface area contributed by atoms with Crippen LogP contribution in [0.1, 0.15) is 20.3 Å². The summed E-state index contributed by atoms with van der Waals surface area (Å²) in [5.74, 6) is 1.40. The molecule has 0 fully saturated rings. The van der Waals surface area contributed by atoms with Crippen LogP contribution in [0.5, 0.6) is 5.75 Å². The Hall–Kier alpha value is -2.56. The van der Waals surface area contributed by atoms with E-state index in [1.807, 2.05) is 15.8 Å². The number of thioether (sulfide) groups is 1. The first-order valence-electron chi connectivity index (χ1n) is 10.0. The normalized spacial score (nSPS) is 11.5. The van der Waals surface area contributed by atoms with Crippen molar-refractivity contribution in [3.63, 3.8) is 0 Å². The fraction of sp³-hybridized carbons (Fsp3) is 0.333. The molecule has 11 heteroatoms. The van der Waals surface area contributed by atoms with Crippen LogP contribution in [0.25, 0.3) is 16.0 Å². The molecule has 0 aliphatic rings. The Morgan fingerprint density at radius 1 is 1.31 bits per heavy atom. The number of benzene rings is 1. The number of halogens is 1. The van der Waals surface area contributed by atoms with Gasteiger partial charge in [-0.25, -0.2) is 0 Å². The summed E-state index contributed by atoms with van der Waals surface area (Å²) in [5.41, 5.74) is 1.28. The average molecular weight is 492 g/mol. The van der Waals surface area contributed by atoms with Crippen LogP contribution in [-0.4, -0.2) is 37.9 Å². The molecule has 3 aromatic heterocycles. The van der Waals surface area contributed by atoms with E-state index in [0.717, 1.165) is 11.9 Å². The number of fused-ring (bicyclic) bond motifs is 3. The molecule has 3 heterocycles. The maximum Gasteiger partial charge on any atom is 0.272 e. The number of amides is 1. The molecule has 32 heavy (non-hydrogen) atoms. The smallest absolute Gasteiger partial charge is 0.272 e. The third kappa shape index (κ3) is 4.48. The van der Waals surface area contributed by atoms with Crippen LogP contribution in [-0.2, 0) is 11.3 Å². The van der Waals surface area contributed by atoms with Gasteiger partial charge in [0.05, 0.1) is 23.4 Å². The fourth-order valence-electron chi connectivity index (χ4n) is 3.25. The first kappa shape index (κ1) is 22.6. The number of thiophene rings is 1. The summed E-state index contributed by atoms with van der Waals surface area (Å²) in [7, 11) is 1.53. The van der Waals surface area contributed by atoms with E-state index in [-0.39, 0.29) is 17.2 Å². The van der Waals surface area contributed by atoms with E-state index in [1.165, 1.54) is 30.2 Å². The van der Waals surface area contributed by atoms with Gasteiger partial charge in [-0.05, 0) is 42.0 Å². The summed E-state index contributed by atoms with van der Waals surface area (Å²) < 4.78 is 9.31. The van der Waals surface area contributed by atoms with Crippen LogP contribution >= 0.6 is 34.7 Å². The van der Waals surface area contributed by atoms with E-state index in [2.05, 4.69) is 29.4 Å². The molecule has 8 nitrogen and oxygen atoms in total. The second-order valence-electron chi connectivity index (χ2n) is 7.58. The number of rotatable bonds is 8. The minimum atomic E-state index is -0.206. The quantitative estimate of drug-likeness (QED) is 0.364. The highest BCUT2D eigenvalue weighted by Crippen LogP contribution is 2.28. The van der Waals surface area contributed by atoms with Gasteiger partial charge in [0.15, 0.2) is 5.16 Å². The fourth-order valence-corrected chi connectivity index (χ4v) is 5.08. The number of ether oxygens (including phenoxy) is 1. The molecule has 0 spiro atoms. The van der Waals surface area contributed by atoms with Crippen molar-refractivity contribution in [1.82, 2.24) is 19.2 Å². The number of anilines is 1. The van der Waals surface area contributed by atoms with Crippen molar-refractivity contribution >= 4 is 62.3 Å². The molecule has 168 valence electrons. The molecule has 0 atom stereocenters. The van der Waals surface area contributed by atoms with Crippen LogP contribution in [0.2, 0.25) is 5.02 Å². The van der Waals surface area contributed by atoms with Crippen molar-refractivity contribution in [3.05, 3.63) is 45.0 Å². The molecule has 0 saturated carbocycles. The van der Waals surface area contributed by atoms with Crippen molar-refractivity contribution in [2.45, 2.75) is 32.0 Å². The van der Waals surface area contributed by atoms with Crippen LogP contribution in [0.15, 0.2) is 39.6 Å². The van der Waals surface area contributed by atoms with Crippen LogP contribution in [0.3, 0.4) is 0 Å². The van der Waals surface area contributed by atoms with Gasteiger partial charge in [-0.3, -0.25) is 18.6 Å². The Labute approximate surface area is 197 Å². The van der Waals surface area contributed by atoms with Gasteiger partial charge in [0.25, 0.3) is 5.56 Å². The lowest BCUT2D eigenvalue weighted by molar-refractivity contribution is -0.113. The van der Waals surface area contributed by atoms with Gasteiger partial charge >= 0.3 is 0 Å². The zero-order chi connectivity index (χ0) is 22.8. The second-order valence-corrected chi connectivity index (χ2v) is 9.84. The molecule has 0 saturated heterocycles. The van der Waals surface area contributed by atoms with E-state index in [9.17, 15) is 9.59 Å². The van der Waals surface area contributed by atoms with Crippen molar-refractivity contribution in [2.75, 3.05) is 18.2 Å². The van der Waals surface area contributed by atoms with Gasteiger partial charge in [0, 0.05) is 12.2 Å². The third-order valence-electron chi connectivity index (χ3n) is 4.88. The second kappa shape index (κ2) is 9.51. The summed E-state index contributed by atoms with van der Waals surface area (Å²) in [5, 5.41) is 14.2. The number of hydrogen-bond donors (Lipinski definition) is 1. The van der Waals surface area contributed by atoms with Gasteiger partial charge in [0.1, 0.15) is 10.4 Å². The molecule has 1 aromatic carbocycles. The minimum Gasteiger partial charge on any atom is -0.495 e. The Morgan fingerprint density at radius 2 is 2.12 bits per heavy atom. The van der Waals surface area contributed by atoms with Crippen molar-refractivity contribution in [2.24, 2.45) is 5.92 Å². The Bertz CT molecular complexity index is 1340. The number of nitrogens with zero attached hydrogens (tertiary/aromatic N) is 4. The SMILES string of the molecule is COc1ccc(NC(=O)CSc2nnc3n(CCC(C)C)c(=O)c4sccc4n23)cc1Cl. The van der Waals surface area contributed by atoms with E-state index < -0.39 is 0 Å². The average Bonchev–Trinajstić information content (AvgIpc) is 3.39. The zero-order valence-electron chi connectivity index (χ0n) is 17.8. The highest BCUT2D eigenvalue weighted by atomic mass is 35.5. The maximum atomic E-state index is 13.0. The summed E-state index contributed by atoms with van der Waals surface area (Å²) in [6.07, 6.45) is 0.856. The molecule has 0 aliphatic carbocycles. The molecule has 0 unspecified atom stereocenters. The molecule has 1 N–H and O–H groups in total. The first-order chi connectivity index (χ1) is 15.4. The molecular formula is C21H22ClN5O3S2. The minimum absolute atomic E-state index is 0.0544. The number of carbonyl (C=O) groups excluding carboxylic acids is 1. The molecule has 1 amide bonds. The monoisotopic (exact) mass is 491 g/mol. The molecular weight excluding hydrogens is 470 g/mol. The highest BCUT2D eigenvalue weighted by molar-refractivity contribution is 7.99. The summed E-state index contributed by atoms with van der Waals surface area (Å²) in [6, 6.07) is 6.94. The van der Waals surface area contributed by atoms with Crippen LogP contribution < -0.4 is 15.6 Å². The number of hydrogen-bond acceptors (Lipinski definition) is 7. The first-order valence-corrected chi connectivity index (χ1v) is 12.2. The molecule has 0 bridgehead atoms. The lowest BCUT2D eigenvalue weighted by Crippen LogP contribution is -2.23. The number of aromatic nitrogens is 4. The van der Waals surface area contributed by atoms with E-state index in [0.29, 0.717) is 44.6 Å². The van der Waals surface area contributed by atoms with Crippen molar-refractivity contribution in [1.29, 1.82) is 0 Å². The maximum absolute atomic E-state index is 13.0. The number of nitrogens with one attached hydrogen (secondary N) is 1. The molecule has 0 radical (unpaired) electrons. The zero-order valence-corrected chi connectivity index (χ0v) is 20.2. The Kier molecular flexibility index (Phi) is 6.73. The van der Waals surface area contributed by atoms with Gasteiger partial charge in [-0.2, -0.15) is 0 Å². The summed E-state index contributed by atoms with van der Waals surface area (Å²) in [6.45, 7) is 4.80. The standard InChI is InChI=1S/C21H22ClN5O3S2/c1-12(2)6-8-26-19(29)18-15(7-9-31-18)27-20(26)24-25-21(27)32-11-17(28)23-13-4-5-16(30-3)14(22)10-13/h4-5,7,9-10,12H,6,8,11H2,1-3H3,(H,23,28). The number of methoxy groups -OCH3 is 1. The van der Waals surface area contributed by atoms with Crippen molar-refractivity contribution in [3.8, 4) is 5.75 Å². The molecule has 0 aliphatic heterocycles. The van der Waals surface area contributed by atoms with E-state index in [4.69, 9.17) is 16.3 Å².